The largest absolute Gasteiger partial charge is 0.345 e. The maximum atomic E-state index is 12.7. The van der Waals surface area contributed by atoms with E-state index in [4.69, 9.17) is 9.97 Å². The fourth-order valence-corrected chi connectivity index (χ4v) is 6.60. The minimum Gasteiger partial charge on any atom is -0.345 e. The van der Waals surface area contributed by atoms with Gasteiger partial charge in [0.05, 0.1) is 11.9 Å². The van der Waals surface area contributed by atoms with Crippen molar-refractivity contribution in [2.75, 3.05) is 67.0 Å². The van der Waals surface area contributed by atoms with Crippen LogP contribution in [-0.4, -0.2) is 113 Å². The molecular weight excluding hydrogens is 562 g/mol. The zero-order valence-electron chi connectivity index (χ0n) is 27.1. The van der Waals surface area contributed by atoms with Gasteiger partial charge in [-0.15, -0.1) is 0 Å². The van der Waals surface area contributed by atoms with Gasteiger partial charge in [-0.25, -0.2) is 9.97 Å². The number of Topliss-reactive ketones (excluding diaryl/α,β-unsaturated/α-hetero) is 1. The number of aromatic amines is 1. The predicted molar refractivity (Wildman–Crippen MR) is 179 cm³/mol. The van der Waals surface area contributed by atoms with Gasteiger partial charge in [0, 0.05) is 95.6 Å². The normalized spacial score (nSPS) is 16.2. The van der Waals surface area contributed by atoms with Gasteiger partial charge < -0.3 is 19.7 Å². The van der Waals surface area contributed by atoms with E-state index < -0.39 is 0 Å². The van der Waals surface area contributed by atoms with Gasteiger partial charge in [-0.1, -0.05) is 12.1 Å². The molecule has 0 radical (unpaired) electrons. The summed E-state index contributed by atoms with van der Waals surface area (Å²) < 4.78 is 0. The molecule has 4 heterocycles. The molecule has 1 saturated heterocycles. The number of hydrogen-bond acceptors (Lipinski definition) is 7. The van der Waals surface area contributed by atoms with Gasteiger partial charge in [0.1, 0.15) is 11.3 Å². The van der Waals surface area contributed by atoms with Crippen molar-refractivity contribution in [3.05, 3.63) is 71.0 Å². The number of nitrogens with one attached hydrogen (secondary N) is 1. The number of piperazine rings is 1. The molecule has 1 N–H and O–H groups in total. The van der Waals surface area contributed by atoms with Crippen molar-refractivity contribution < 1.29 is 9.59 Å². The topological polar surface area (TPSA) is 88.7 Å². The number of ketones is 1. The van der Waals surface area contributed by atoms with Crippen LogP contribution in [0.2, 0.25) is 0 Å². The number of H-pyrrole nitrogens is 1. The standard InChI is InChI=1S/C36H45N7O2/c1-25-20-28(33-23-38-35-34(39-33)32(22-37-35)26-7-9-27(10-8-26)36(45)40(2)3)21-29-24-43(15-12-31(25)29)14-11-30(44)6-5-13-42-18-16-41(4)17-19-42/h7-10,20-23H,5-6,11-19,24H2,1-4H3,(H,37,38). The SMILES string of the molecule is Cc1cc(-c2cnc3[nH]cc(-c4ccc(C(=O)N(C)C)cc4)c3n2)cc2c1CCN(CCC(=O)CCCN1CCN(C)CC1)C2. The molecule has 236 valence electrons. The Balaban J connectivity index is 1.11. The number of amides is 1. The molecule has 0 bridgehead atoms. The highest BCUT2D eigenvalue weighted by Crippen LogP contribution is 2.32. The molecule has 0 unspecified atom stereocenters. The van der Waals surface area contributed by atoms with E-state index in [0.717, 1.165) is 98.7 Å². The highest BCUT2D eigenvalue weighted by atomic mass is 16.2. The van der Waals surface area contributed by atoms with Crippen molar-refractivity contribution >= 4 is 22.9 Å². The summed E-state index contributed by atoms with van der Waals surface area (Å²) in [5, 5.41) is 0. The number of fused-ring (bicyclic) bond motifs is 2. The Bertz CT molecular complexity index is 1670. The first-order valence-corrected chi connectivity index (χ1v) is 16.2. The Morgan fingerprint density at radius 3 is 2.47 bits per heavy atom. The Hall–Kier alpha value is -3.92. The summed E-state index contributed by atoms with van der Waals surface area (Å²) in [7, 11) is 5.69. The van der Waals surface area contributed by atoms with E-state index in [0.29, 0.717) is 24.2 Å². The van der Waals surface area contributed by atoms with E-state index in [2.05, 4.69) is 45.8 Å². The molecule has 0 atom stereocenters. The van der Waals surface area contributed by atoms with Crippen LogP contribution < -0.4 is 0 Å². The lowest BCUT2D eigenvalue weighted by Gasteiger charge is -2.32. The predicted octanol–water partition coefficient (Wildman–Crippen LogP) is 4.65. The third-order valence-electron chi connectivity index (χ3n) is 9.40. The summed E-state index contributed by atoms with van der Waals surface area (Å²) in [5.74, 6) is 0.358. The summed E-state index contributed by atoms with van der Waals surface area (Å²) in [6, 6.07) is 12.1. The average molecular weight is 608 g/mol. The molecule has 0 spiro atoms. The molecule has 2 aliphatic heterocycles. The third kappa shape index (κ3) is 7.16. The Kier molecular flexibility index (Phi) is 9.40. The van der Waals surface area contributed by atoms with E-state index in [1.165, 1.54) is 16.7 Å². The van der Waals surface area contributed by atoms with Crippen molar-refractivity contribution in [2.24, 2.45) is 0 Å². The fraction of sp³-hybridized carbons (Fsp3) is 0.444. The summed E-state index contributed by atoms with van der Waals surface area (Å²) in [5.41, 5.74) is 10.0. The van der Waals surface area contributed by atoms with E-state index in [-0.39, 0.29) is 5.91 Å². The van der Waals surface area contributed by atoms with Crippen LogP contribution in [0.15, 0.2) is 48.8 Å². The van der Waals surface area contributed by atoms with E-state index in [9.17, 15) is 9.59 Å². The van der Waals surface area contributed by atoms with Crippen LogP contribution in [0.25, 0.3) is 33.5 Å². The first-order valence-electron chi connectivity index (χ1n) is 16.2. The Morgan fingerprint density at radius 2 is 1.71 bits per heavy atom. The third-order valence-corrected chi connectivity index (χ3v) is 9.40. The number of aromatic nitrogens is 3. The lowest BCUT2D eigenvalue weighted by atomic mass is 9.92. The van der Waals surface area contributed by atoms with Crippen molar-refractivity contribution in [3.8, 4) is 22.4 Å². The van der Waals surface area contributed by atoms with Crippen molar-refractivity contribution in [2.45, 2.75) is 39.2 Å². The second kappa shape index (κ2) is 13.6. The van der Waals surface area contributed by atoms with Gasteiger partial charge in [0.25, 0.3) is 5.91 Å². The first kappa shape index (κ1) is 31.1. The van der Waals surface area contributed by atoms with E-state index >= 15 is 0 Å². The maximum Gasteiger partial charge on any atom is 0.253 e. The van der Waals surface area contributed by atoms with Crippen LogP contribution in [0, 0.1) is 6.92 Å². The quantitative estimate of drug-likeness (QED) is 0.281. The lowest BCUT2D eigenvalue weighted by Crippen LogP contribution is -2.44. The zero-order valence-corrected chi connectivity index (χ0v) is 27.1. The van der Waals surface area contributed by atoms with Crippen LogP contribution in [0.3, 0.4) is 0 Å². The van der Waals surface area contributed by atoms with Crippen LogP contribution in [0.5, 0.6) is 0 Å². The van der Waals surface area contributed by atoms with Crippen molar-refractivity contribution in [3.63, 3.8) is 0 Å². The van der Waals surface area contributed by atoms with Gasteiger partial charge in [0.15, 0.2) is 5.65 Å². The molecule has 6 rings (SSSR count). The van der Waals surface area contributed by atoms with Gasteiger partial charge >= 0.3 is 0 Å². The number of hydrogen-bond donors (Lipinski definition) is 1. The Labute approximate surface area is 266 Å². The Morgan fingerprint density at radius 1 is 0.933 bits per heavy atom. The number of carbonyl (C=O) groups excluding carboxylic acids is 2. The van der Waals surface area contributed by atoms with Crippen LogP contribution >= 0.6 is 0 Å². The molecular formula is C36H45N7O2. The molecule has 2 aromatic carbocycles. The molecule has 4 aromatic rings. The monoisotopic (exact) mass is 607 g/mol. The van der Waals surface area contributed by atoms with Crippen LogP contribution in [0.4, 0.5) is 0 Å². The summed E-state index contributed by atoms with van der Waals surface area (Å²) in [6.45, 7) is 10.3. The summed E-state index contributed by atoms with van der Waals surface area (Å²) >= 11 is 0. The van der Waals surface area contributed by atoms with E-state index in [1.54, 1.807) is 19.0 Å². The molecule has 0 aliphatic carbocycles. The van der Waals surface area contributed by atoms with Crippen LogP contribution in [0.1, 0.15) is 46.3 Å². The minimum absolute atomic E-state index is 0.0211. The van der Waals surface area contributed by atoms with Crippen molar-refractivity contribution in [1.29, 1.82) is 0 Å². The van der Waals surface area contributed by atoms with Gasteiger partial charge in [-0.2, -0.15) is 0 Å². The summed E-state index contributed by atoms with van der Waals surface area (Å²) in [6.07, 6.45) is 7.03. The van der Waals surface area contributed by atoms with Gasteiger partial charge in [-0.05, 0) is 79.9 Å². The number of aryl methyl sites for hydroxylation is 1. The summed E-state index contributed by atoms with van der Waals surface area (Å²) in [4.78, 5) is 46.9. The number of benzene rings is 2. The molecule has 2 aliphatic rings. The van der Waals surface area contributed by atoms with E-state index in [1.807, 2.05) is 36.7 Å². The smallest absolute Gasteiger partial charge is 0.253 e. The fourth-order valence-electron chi connectivity index (χ4n) is 6.60. The number of likely N-dealkylation sites (N-methyl/N-ethyl adjacent to an activating group) is 1. The van der Waals surface area contributed by atoms with Gasteiger partial charge in [-0.3, -0.25) is 14.5 Å². The molecule has 9 heteroatoms. The first-order chi connectivity index (χ1) is 21.7. The number of rotatable bonds is 10. The zero-order chi connectivity index (χ0) is 31.5. The molecule has 1 fully saturated rings. The highest BCUT2D eigenvalue weighted by Gasteiger charge is 2.21. The minimum atomic E-state index is -0.0211. The number of carbonyl (C=O) groups is 2. The van der Waals surface area contributed by atoms with Gasteiger partial charge in [0.2, 0.25) is 0 Å². The molecule has 1 amide bonds. The molecule has 45 heavy (non-hydrogen) atoms. The second-order valence-corrected chi connectivity index (χ2v) is 12.9. The highest BCUT2D eigenvalue weighted by molar-refractivity contribution is 5.96. The van der Waals surface area contributed by atoms with Crippen LogP contribution in [-0.2, 0) is 17.8 Å². The lowest BCUT2D eigenvalue weighted by molar-refractivity contribution is -0.119. The molecule has 0 saturated carbocycles. The van der Waals surface area contributed by atoms with Crippen molar-refractivity contribution in [1.82, 2.24) is 34.6 Å². The second-order valence-electron chi connectivity index (χ2n) is 12.9. The number of nitrogens with zero attached hydrogens (tertiary/aromatic N) is 6. The maximum absolute atomic E-state index is 12.7. The molecule has 2 aromatic heterocycles. The average Bonchev–Trinajstić information content (AvgIpc) is 3.47. The molecule has 9 nitrogen and oxygen atoms in total.